The SMILES string of the molecule is Cn1ccc(C(=O)N2CC[C@@H]3OCCN(Cc4cccnc4)[C@H]3C2)n1. The number of piperidine rings is 1. The summed E-state index contributed by atoms with van der Waals surface area (Å²) in [5, 5.41) is 4.25. The number of hydrogen-bond donors (Lipinski definition) is 0. The van der Waals surface area contributed by atoms with Crippen LogP contribution in [-0.2, 0) is 18.3 Å². The molecule has 0 spiro atoms. The summed E-state index contributed by atoms with van der Waals surface area (Å²) in [4.78, 5) is 21.3. The number of morpholine rings is 1. The minimum atomic E-state index is 0.00551. The molecule has 4 heterocycles. The van der Waals surface area contributed by atoms with Crippen LogP contribution in [0, 0.1) is 0 Å². The summed E-state index contributed by atoms with van der Waals surface area (Å²) >= 11 is 0. The van der Waals surface area contributed by atoms with Crippen LogP contribution in [-0.4, -0.2) is 68.9 Å². The number of fused-ring (bicyclic) bond motifs is 1. The van der Waals surface area contributed by atoms with Crippen LogP contribution in [0.1, 0.15) is 22.5 Å². The summed E-state index contributed by atoms with van der Waals surface area (Å²) in [6.45, 7) is 3.86. The molecule has 2 aromatic rings. The number of nitrogens with zero attached hydrogens (tertiary/aromatic N) is 5. The number of aromatic nitrogens is 3. The van der Waals surface area contributed by atoms with Crippen LogP contribution in [0.25, 0.3) is 0 Å². The van der Waals surface area contributed by atoms with Crippen molar-refractivity contribution in [1.29, 1.82) is 0 Å². The molecular weight excluding hydrogens is 318 g/mol. The van der Waals surface area contributed by atoms with Crippen molar-refractivity contribution in [3.05, 3.63) is 48.0 Å². The first-order chi connectivity index (χ1) is 12.2. The third-order valence-electron chi connectivity index (χ3n) is 5.03. The molecule has 1 amide bonds. The van der Waals surface area contributed by atoms with Crippen molar-refractivity contribution in [3.8, 4) is 0 Å². The van der Waals surface area contributed by atoms with Crippen LogP contribution in [0.5, 0.6) is 0 Å². The molecule has 4 rings (SSSR count). The first-order valence-corrected chi connectivity index (χ1v) is 8.74. The number of amides is 1. The molecule has 2 aliphatic heterocycles. The predicted molar refractivity (Wildman–Crippen MR) is 91.9 cm³/mol. The van der Waals surface area contributed by atoms with Crippen LogP contribution < -0.4 is 0 Å². The zero-order valence-electron chi connectivity index (χ0n) is 14.4. The molecule has 2 atom stereocenters. The largest absolute Gasteiger partial charge is 0.375 e. The van der Waals surface area contributed by atoms with Crippen LogP contribution in [0.3, 0.4) is 0 Å². The molecule has 25 heavy (non-hydrogen) atoms. The fourth-order valence-electron chi connectivity index (χ4n) is 3.74. The molecule has 0 aromatic carbocycles. The molecule has 7 nitrogen and oxygen atoms in total. The monoisotopic (exact) mass is 341 g/mol. The van der Waals surface area contributed by atoms with E-state index < -0.39 is 0 Å². The Labute approximate surface area is 147 Å². The molecule has 0 unspecified atom stereocenters. The molecule has 2 saturated heterocycles. The van der Waals surface area contributed by atoms with E-state index in [1.54, 1.807) is 23.1 Å². The van der Waals surface area contributed by atoms with E-state index in [-0.39, 0.29) is 18.1 Å². The van der Waals surface area contributed by atoms with E-state index in [4.69, 9.17) is 4.74 Å². The van der Waals surface area contributed by atoms with Crippen molar-refractivity contribution in [1.82, 2.24) is 24.6 Å². The standard InChI is InChI=1S/C18H23N5O2/c1-21-7-4-15(20-21)18(24)23-8-5-17-16(13-23)22(9-10-25-17)12-14-3-2-6-19-11-14/h2-4,6-7,11,16-17H,5,8-10,12-13H2,1H3/t16-,17-/m0/s1. The highest BCUT2D eigenvalue weighted by Crippen LogP contribution is 2.25. The van der Waals surface area contributed by atoms with Gasteiger partial charge in [-0.1, -0.05) is 6.07 Å². The van der Waals surface area contributed by atoms with Crippen molar-refractivity contribution < 1.29 is 9.53 Å². The smallest absolute Gasteiger partial charge is 0.274 e. The second-order valence-corrected chi connectivity index (χ2v) is 6.72. The Morgan fingerprint density at radius 1 is 1.36 bits per heavy atom. The van der Waals surface area contributed by atoms with E-state index in [1.165, 1.54) is 5.56 Å². The second-order valence-electron chi connectivity index (χ2n) is 6.72. The van der Waals surface area contributed by atoms with E-state index in [2.05, 4.69) is 21.0 Å². The number of pyridine rings is 1. The van der Waals surface area contributed by atoms with Gasteiger partial charge in [-0.05, 0) is 24.1 Å². The zero-order chi connectivity index (χ0) is 17.2. The highest BCUT2D eigenvalue weighted by Gasteiger charge is 2.38. The zero-order valence-corrected chi connectivity index (χ0v) is 14.4. The highest BCUT2D eigenvalue weighted by molar-refractivity contribution is 5.92. The summed E-state index contributed by atoms with van der Waals surface area (Å²) in [5.41, 5.74) is 1.70. The van der Waals surface area contributed by atoms with Crippen molar-refractivity contribution in [2.24, 2.45) is 7.05 Å². The quantitative estimate of drug-likeness (QED) is 0.831. The fraction of sp³-hybridized carbons (Fsp3) is 0.500. The molecule has 132 valence electrons. The van der Waals surface area contributed by atoms with Gasteiger partial charge in [-0.2, -0.15) is 5.10 Å². The minimum Gasteiger partial charge on any atom is -0.375 e. The number of carbonyl (C=O) groups is 1. The van der Waals surface area contributed by atoms with Gasteiger partial charge in [0.1, 0.15) is 5.69 Å². The van der Waals surface area contributed by atoms with E-state index in [9.17, 15) is 4.79 Å². The van der Waals surface area contributed by atoms with Crippen LogP contribution in [0.4, 0.5) is 0 Å². The predicted octanol–water partition coefficient (Wildman–Crippen LogP) is 0.931. The van der Waals surface area contributed by atoms with Crippen LogP contribution >= 0.6 is 0 Å². The molecule has 0 saturated carbocycles. The van der Waals surface area contributed by atoms with Gasteiger partial charge in [-0.15, -0.1) is 0 Å². The summed E-state index contributed by atoms with van der Waals surface area (Å²) in [7, 11) is 1.83. The van der Waals surface area contributed by atoms with Crippen molar-refractivity contribution in [2.75, 3.05) is 26.2 Å². The average Bonchev–Trinajstić information content (AvgIpc) is 3.08. The molecule has 2 aliphatic rings. The summed E-state index contributed by atoms with van der Waals surface area (Å²) in [6.07, 6.45) is 6.56. The molecule has 2 fully saturated rings. The molecule has 0 radical (unpaired) electrons. The van der Waals surface area contributed by atoms with E-state index in [0.717, 1.165) is 32.7 Å². The van der Waals surface area contributed by atoms with Crippen molar-refractivity contribution in [3.63, 3.8) is 0 Å². The first kappa shape index (κ1) is 16.2. The molecule has 2 aromatic heterocycles. The van der Waals surface area contributed by atoms with Gasteiger partial charge in [0.25, 0.3) is 5.91 Å². The number of rotatable bonds is 3. The van der Waals surface area contributed by atoms with Gasteiger partial charge in [0.2, 0.25) is 0 Å². The Morgan fingerprint density at radius 3 is 3.04 bits per heavy atom. The Hall–Kier alpha value is -2.25. The number of hydrogen-bond acceptors (Lipinski definition) is 5. The summed E-state index contributed by atoms with van der Waals surface area (Å²) < 4.78 is 7.64. The van der Waals surface area contributed by atoms with Gasteiger partial charge in [-0.3, -0.25) is 19.4 Å². The van der Waals surface area contributed by atoms with Gasteiger partial charge in [-0.25, -0.2) is 0 Å². The molecule has 7 heteroatoms. The van der Waals surface area contributed by atoms with Crippen LogP contribution in [0.15, 0.2) is 36.8 Å². The number of aryl methyl sites for hydroxylation is 1. The average molecular weight is 341 g/mol. The molecule has 0 N–H and O–H groups in total. The number of likely N-dealkylation sites (tertiary alicyclic amines) is 1. The summed E-state index contributed by atoms with van der Waals surface area (Å²) in [6, 6.07) is 6.05. The van der Waals surface area contributed by atoms with Gasteiger partial charge in [0, 0.05) is 51.8 Å². The van der Waals surface area contributed by atoms with E-state index in [1.807, 2.05) is 24.2 Å². The third-order valence-corrected chi connectivity index (χ3v) is 5.03. The first-order valence-electron chi connectivity index (χ1n) is 8.74. The highest BCUT2D eigenvalue weighted by atomic mass is 16.5. The Morgan fingerprint density at radius 2 is 2.28 bits per heavy atom. The summed E-state index contributed by atoms with van der Waals surface area (Å²) in [5.74, 6) is 0.00551. The maximum atomic E-state index is 12.7. The normalized spacial score (nSPS) is 24.1. The Balaban J connectivity index is 1.48. The lowest BCUT2D eigenvalue weighted by atomic mass is 9.98. The van der Waals surface area contributed by atoms with Gasteiger partial charge in [0.15, 0.2) is 0 Å². The maximum Gasteiger partial charge on any atom is 0.274 e. The van der Waals surface area contributed by atoms with Crippen molar-refractivity contribution >= 4 is 5.91 Å². The fourth-order valence-corrected chi connectivity index (χ4v) is 3.74. The lowest BCUT2D eigenvalue weighted by molar-refractivity contribution is -0.101. The van der Waals surface area contributed by atoms with E-state index >= 15 is 0 Å². The lowest BCUT2D eigenvalue weighted by Crippen LogP contribution is -2.60. The molecule has 0 aliphatic carbocycles. The second kappa shape index (κ2) is 6.93. The number of carbonyl (C=O) groups excluding carboxylic acids is 1. The van der Waals surface area contributed by atoms with Gasteiger partial charge < -0.3 is 9.64 Å². The molecule has 0 bridgehead atoms. The van der Waals surface area contributed by atoms with Gasteiger partial charge >= 0.3 is 0 Å². The van der Waals surface area contributed by atoms with Gasteiger partial charge in [0.05, 0.1) is 18.8 Å². The van der Waals surface area contributed by atoms with E-state index in [0.29, 0.717) is 12.2 Å². The van der Waals surface area contributed by atoms with Crippen LogP contribution in [0.2, 0.25) is 0 Å². The topological polar surface area (TPSA) is 63.5 Å². The molecular formula is C18H23N5O2. The third kappa shape index (κ3) is 3.43. The Bertz CT molecular complexity index is 732. The number of ether oxygens (including phenoxy) is 1. The van der Waals surface area contributed by atoms with Crippen molar-refractivity contribution in [2.45, 2.75) is 25.1 Å². The Kier molecular flexibility index (Phi) is 4.50. The lowest BCUT2D eigenvalue weighted by Gasteiger charge is -2.47. The minimum absolute atomic E-state index is 0.00551. The maximum absolute atomic E-state index is 12.7.